The van der Waals surface area contributed by atoms with Gasteiger partial charge in [0.05, 0.1) is 28.7 Å². The first-order valence-corrected chi connectivity index (χ1v) is 15.6. The first-order valence-electron chi connectivity index (χ1n) is 13.8. The van der Waals surface area contributed by atoms with E-state index in [1.165, 1.54) is 29.2 Å². The highest BCUT2D eigenvalue weighted by Gasteiger charge is 2.65. The molecule has 0 radical (unpaired) electrons. The number of hydrogen-bond donors (Lipinski definition) is 3. The first kappa shape index (κ1) is 32.7. The number of carbonyl (C=O) groups excluding carboxylic acids is 3. The van der Waals surface area contributed by atoms with Gasteiger partial charge in [0, 0.05) is 24.0 Å². The molecule has 10 nitrogen and oxygen atoms in total. The van der Waals surface area contributed by atoms with Gasteiger partial charge < -0.3 is 20.1 Å². The summed E-state index contributed by atoms with van der Waals surface area (Å²) in [5, 5.41) is 2.84. The zero-order chi connectivity index (χ0) is 33.3. The molecule has 242 valence electrons. The number of nitrogens with one attached hydrogen (secondary N) is 3. The Balaban J connectivity index is 1.22. The molecule has 2 fully saturated rings. The van der Waals surface area contributed by atoms with Crippen molar-refractivity contribution in [2.24, 2.45) is 5.41 Å². The number of sulfonamides is 1. The zero-order valence-corrected chi connectivity index (χ0v) is 26.1. The Labute approximate surface area is 261 Å². The van der Waals surface area contributed by atoms with E-state index in [9.17, 15) is 40.4 Å². The summed E-state index contributed by atoms with van der Waals surface area (Å²) in [6.07, 6.45) is -4.80. The van der Waals surface area contributed by atoms with E-state index in [4.69, 9.17) is 11.6 Å². The molecule has 2 aliphatic rings. The van der Waals surface area contributed by atoms with Crippen LogP contribution in [0.5, 0.6) is 0 Å². The smallest absolute Gasteiger partial charge is 0.351 e. The summed E-state index contributed by atoms with van der Waals surface area (Å²) >= 11 is 5.85. The number of amides is 3. The topological polar surface area (TPSA) is 132 Å². The zero-order valence-electron chi connectivity index (χ0n) is 24.6. The van der Waals surface area contributed by atoms with Crippen molar-refractivity contribution in [1.82, 2.24) is 24.8 Å². The van der Waals surface area contributed by atoms with Crippen molar-refractivity contribution in [3.05, 3.63) is 64.6 Å². The quantitative estimate of drug-likeness (QED) is 0.328. The molecule has 3 aromatic rings. The fourth-order valence-corrected chi connectivity index (χ4v) is 7.18. The van der Waals surface area contributed by atoms with Crippen LogP contribution in [-0.4, -0.2) is 78.2 Å². The maximum Gasteiger partial charge on any atom is 0.416 e. The fourth-order valence-electron chi connectivity index (χ4n) is 5.68. The number of fused-ring (bicyclic) bond motifs is 2. The number of rotatable bonds is 7. The van der Waals surface area contributed by atoms with Crippen LogP contribution in [-0.2, 0) is 25.8 Å². The average molecular weight is 672 g/mol. The van der Waals surface area contributed by atoms with Gasteiger partial charge in [0.2, 0.25) is 21.8 Å². The molecule has 45 heavy (non-hydrogen) atoms. The fraction of sp³-hybridized carbons (Fsp3) is 0.414. The molecule has 3 amide bonds. The van der Waals surface area contributed by atoms with Crippen LogP contribution in [0, 0.1) is 11.2 Å². The highest BCUT2D eigenvalue weighted by molar-refractivity contribution is 7.89. The third-order valence-corrected chi connectivity index (χ3v) is 10.2. The summed E-state index contributed by atoms with van der Waals surface area (Å²) in [6.45, 7) is 6.60. The second kappa shape index (κ2) is 11.0. The second-order valence-corrected chi connectivity index (χ2v) is 14.6. The lowest BCUT2D eigenvalue weighted by molar-refractivity contribution is -0.206. The third kappa shape index (κ3) is 6.00. The first-order chi connectivity index (χ1) is 20.7. The summed E-state index contributed by atoms with van der Waals surface area (Å²) in [7, 11) is -4.57. The van der Waals surface area contributed by atoms with E-state index < -0.39 is 78.9 Å². The van der Waals surface area contributed by atoms with Crippen LogP contribution in [0.3, 0.4) is 0 Å². The van der Waals surface area contributed by atoms with Gasteiger partial charge in [-0.2, -0.15) is 13.2 Å². The second-order valence-electron chi connectivity index (χ2n) is 12.5. The molecule has 0 saturated carbocycles. The monoisotopic (exact) mass is 671 g/mol. The lowest BCUT2D eigenvalue weighted by Crippen LogP contribution is -2.89. The molecule has 3 atom stereocenters. The predicted octanol–water partition coefficient (Wildman–Crippen LogP) is 3.91. The number of H-pyrrole nitrogens is 1. The molecule has 1 aromatic heterocycles. The Kier molecular flexibility index (Phi) is 7.98. The summed E-state index contributed by atoms with van der Waals surface area (Å²) < 4.78 is 80.4. The van der Waals surface area contributed by atoms with Crippen LogP contribution < -0.4 is 10.0 Å². The molecule has 1 unspecified atom stereocenters. The lowest BCUT2D eigenvalue weighted by atomic mass is 9.70. The highest BCUT2D eigenvalue weighted by atomic mass is 35.5. The SMILES string of the molecule is CC(C)(C)[C@H](NC(=O)c1cc2cc(F)ccc2[nH]1)C(=O)N1C[C@H]2N(C(=O)CNS(=O)(=O)c3cc(C(F)(F)F)ccc3Cl)CC21C. The number of likely N-dealkylation sites (tertiary alicyclic amines) is 2. The van der Waals surface area contributed by atoms with E-state index in [0.717, 1.165) is 6.07 Å². The van der Waals surface area contributed by atoms with E-state index in [2.05, 4.69) is 10.3 Å². The van der Waals surface area contributed by atoms with Crippen LogP contribution in [0.2, 0.25) is 5.02 Å². The molecule has 0 aliphatic carbocycles. The van der Waals surface area contributed by atoms with Crippen molar-refractivity contribution in [3.63, 3.8) is 0 Å². The number of carbonyl (C=O) groups is 3. The van der Waals surface area contributed by atoms with Gasteiger partial charge >= 0.3 is 6.18 Å². The van der Waals surface area contributed by atoms with Crippen molar-refractivity contribution in [2.45, 2.75) is 56.4 Å². The minimum absolute atomic E-state index is 0.0761. The van der Waals surface area contributed by atoms with Crippen LogP contribution in [0.15, 0.2) is 47.4 Å². The maximum absolute atomic E-state index is 13.7. The van der Waals surface area contributed by atoms with Gasteiger partial charge in [0.15, 0.2) is 0 Å². The summed E-state index contributed by atoms with van der Waals surface area (Å²) in [4.78, 5) is 44.8. The summed E-state index contributed by atoms with van der Waals surface area (Å²) in [5.74, 6) is -2.01. The van der Waals surface area contributed by atoms with Gasteiger partial charge in [-0.25, -0.2) is 17.5 Å². The van der Waals surface area contributed by atoms with Gasteiger partial charge in [0.25, 0.3) is 5.91 Å². The molecule has 16 heteroatoms. The Bertz CT molecular complexity index is 1820. The molecular formula is C29H30ClF4N5O5S. The van der Waals surface area contributed by atoms with Crippen LogP contribution in [0.4, 0.5) is 17.6 Å². The Morgan fingerprint density at radius 2 is 1.80 bits per heavy atom. The number of alkyl halides is 3. The van der Waals surface area contributed by atoms with E-state index in [-0.39, 0.29) is 24.7 Å². The molecule has 3 heterocycles. The molecule has 3 N–H and O–H groups in total. The van der Waals surface area contributed by atoms with Crippen molar-refractivity contribution < 1.29 is 40.4 Å². The van der Waals surface area contributed by atoms with Crippen molar-refractivity contribution in [3.8, 4) is 0 Å². The van der Waals surface area contributed by atoms with E-state index in [0.29, 0.717) is 23.0 Å². The lowest BCUT2D eigenvalue weighted by Gasteiger charge is -2.69. The van der Waals surface area contributed by atoms with Crippen molar-refractivity contribution in [2.75, 3.05) is 19.6 Å². The minimum atomic E-state index is -4.80. The number of benzene rings is 2. The summed E-state index contributed by atoms with van der Waals surface area (Å²) in [6, 6.07) is 6.01. The molecule has 5 rings (SSSR count). The average Bonchev–Trinajstić information content (AvgIpc) is 3.35. The van der Waals surface area contributed by atoms with Crippen LogP contribution in [0.1, 0.15) is 43.7 Å². The predicted molar refractivity (Wildman–Crippen MR) is 156 cm³/mol. The van der Waals surface area contributed by atoms with Crippen molar-refractivity contribution in [1.29, 1.82) is 0 Å². The molecule has 0 bridgehead atoms. The van der Waals surface area contributed by atoms with E-state index >= 15 is 0 Å². The molecular weight excluding hydrogens is 642 g/mol. The van der Waals surface area contributed by atoms with E-state index in [1.807, 2.05) is 4.72 Å². The Hall–Kier alpha value is -3.69. The molecule has 2 saturated heterocycles. The number of nitrogens with zero attached hydrogens (tertiary/aromatic N) is 2. The largest absolute Gasteiger partial charge is 0.416 e. The van der Waals surface area contributed by atoms with Gasteiger partial charge in [0.1, 0.15) is 22.4 Å². The summed E-state index contributed by atoms with van der Waals surface area (Å²) in [5.41, 5.74) is -1.99. The van der Waals surface area contributed by atoms with Gasteiger partial charge in [-0.1, -0.05) is 32.4 Å². The number of halogens is 5. The number of aromatic amines is 1. The van der Waals surface area contributed by atoms with Crippen LogP contribution >= 0.6 is 11.6 Å². The Morgan fingerprint density at radius 1 is 1.11 bits per heavy atom. The number of piperazine rings is 1. The maximum atomic E-state index is 13.7. The normalized spacial score (nSPS) is 20.7. The number of aromatic nitrogens is 1. The molecule has 0 spiro atoms. The van der Waals surface area contributed by atoms with Crippen LogP contribution in [0.25, 0.3) is 10.9 Å². The standard InChI is InChI=1S/C29H30ClF4N5O5S/c1-27(2,3)24(37-25(41)20-10-15-9-17(31)6-8-19(15)36-20)26(42)39-13-22-28(39,4)14-38(22)23(40)12-35-45(43,44)21-11-16(29(32,33)34)5-7-18(21)30/h5-11,22,24,35-36H,12-14H2,1-4H3,(H,37,41)/t22-,24-,28?/m1/s1. The third-order valence-electron chi connectivity index (χ3n) is 8.32. The molecule has 2 aliphatic heterocycles. The van der Waals surface area contributed by atoms with E-state index in [1.54, 1.807) is 32.6 Å². The Morgan fingerprint density at radius 3 is 2.40 bits per heavy atom. The number of hydrogen-bond acceptors (Lipinski definition) is 5. The minimum Gasteiger partial charge on any atom is -0.351 e. The van der Waals surface area contributed by atoms with Gasteiger partial charge in [-0.05, 0) is 54.8 Å². The van der Waals surface area contributed by atoms with Crippen molar-refractivity contribution >= 4 is 50.2 Å². The highest BCUT2D eigenvalue weighted by Crippen LogP contribution is 2.45. The van der Waals surface area contributed by atoms with Gasteiger partial charge in [-0.15, -0.1) is 0 Å². The van der Waals surface area contributed by atoms with Gasteiger partial charge in [-0.3, -0.25) is 14.4 Å². The molecule has 2 aromatic carbocycles.